The maximum atomic E-state index is 10.4. The summed E-state index contributed by atoms with van der Waals surface area (Å²) in [5.74, 6) is 0.398. The average Bonchev–Trinajstić information content (AvgIpc) is 2.67. The van der Waals surface area contributed by atoms with E-state index in [0.29, 0.717) is 12.2 Å². The van der Waals surface area contributed by atoms with Gasteiger partial charge in [0.05, 0.1) is 0 Å². The fourth-order valence-electron chi connectivity index (χ4n) is 1.71. The van der Waals surface area contributed by atoms with Crippen LogP contribution in [0.25, 0.3) is 10.1 Å². The summed E-state index contributed by atoms with van der Waals surface area (Å²) < 4.78 is 1.08. The van der Waals surface area contributed by atoms with Gasteiger partial charge in [-0.25, -0.2) is 0 Å². The van der Waals surface area contributed by atoms with Crippen LogP contribution < -0.4 is 0 Å². The fraction of sp³-hybridized carbons (Fsp3) is 0.250. The fourth-order valence-corrected chi connectivity index (χ4v) is 2.50. The molecule has 0 radical (unpaired) electrons. The molecule has 0 aliphatic heterocycles. The van der Waals surface area contributed by atoms with Crippen molar-refractivity contribution < 1.29 is 9.90 Å². The number of hydrogen-bond donors (Lipinski definition) is 1. The zero-order valence-electron chi connectivity index (χ0n) is 8.43. The van der Waals surface area contributed by atoms with E-state index in [0.717, 1.165) is 21.9 Å². The highest BCUT2D eigenvalue weighted by Crippen LogP contribution is 2.36. The van der Waals surface area contributed by atoms with Crippen molar-refractivity contribution in [1.82, 2.24) is 0 Å². The summed E-state index contributed by atoms with van der Waals surface area (Å²) in [6, 6.07) is 5.81. The van der Waals surface area contributed by atoms with Crippen LogP contribution in [0.1, 0.15) is 24.8 Å². The number of phenols is 1. The normalized spacial score (nSPS) is 12.9. The van der Waals surface area contributed by atoms with Crippen LogP contribution in [-0.4, -0.2) is 11.4 Å². The highest BCUT2D eigenvalue weighted by molar-refractivity contribution is 7.17. The first-order chi connectivity index (χ1) is 7.24. The van der Waals surface area contributed by atoms with Crippen molar-refractivity contribution in [1.29, 1.82) is 0 Å². The van der Waals surface area contributed by atoms with Gasteiger partial charge < -0.3 is 9.90 Å². The van der Waals surface area contributed by atoms with E-state index in [-0.39, 0.29) is 5.92 Å². The van der Waals surface area contributed by atoms with Gasteiger partial charge in [-0.2, -0.15) is 0 Å². The molecule has 2 aromatic rings. The molecule has 0 aliphatic rings. The Morgan fingerprint density at radius 1 is 1.47 bits per heavy atom. The minimum Gasteiger partial charge on any atom is -0.507 e. The van der Waals surface area contributed by atoms with Crippen LogP contribution in [0.15, 0.2) is 23.6 Å². The van der Waals surface area contributed by atoms with Crippen LogP contribution in [0.2, 0.25) is 0 Å². The van der Waals surface area contributed by atoms with Gasteiger partial charge >= 0.3 is 0 Å². The number of phenolic OH excluding ortho intramolecular Hbond substituents is 1. The van der Waals surface area contributed by atoms with Gasteiger partial charge in [-0.05, 0) is 29.0 Å². The van der Waals surface area contributed by atoms with E-state index in [1.165, 1.54) is 0 Å². The molecule has 0 fully saturated rings. The van der Waals surface area contributed by atoms with Gasteiger partial charge in [0.15, 0.2) is 0 Å². The molecule has 1 unspecified atom stereocenters. The lowest BCUT2D eigenvalue weighted by Crippen LogP contribution is -1.94. The van der Waals surface area contributed by atoms with Gasteiger partial charge in [0.1, 0.15) is 12.0 Å². The number of rotatable bonds is 3. The van der Waals surface area contributed by atoms with E-state index >= 15 is 0 Å². The van der Waals surface area contributed by atoms with Gasteiger partial charge in [0.2, 0.25) is 0 Å². The summed E-state index contributed by atoms with van der Waals surface area (Å²) in [6.07, 6.45) is 1.34. The first-order valence-electron chi connectivity index (χ1n) is 4.86. The predicted octanol–water partition coefficient (Wildman–Crippen LogP) is 3.30. The molecule has 0 spiro atoms. The molecule has 1 aromatic heterocycles. The molecule has 0 bridgehead atoms. The molecule has 78 valence electrons. The standard InChI is InChI=1S/C12H12O2S/c1-8(4-6-13)9-2-3-11-10(12(9)14)5-7-15-11/h2-3,5-8,14H,4H2,1H3. The summed E-state index contributed by atoms with van der Waals surface area (Å²) >= 11 is 1.61. The lowest BCUT2D eigenvalue weighted by molar-refractivity contribution is -0.108. The monoisotopic (exact) mass is 220 g/mol. The second-order valence-corrected chi connectivity index (χ2v) is 4.59. The average molecular weight is 220 g/mol. The molecule has 1 N–H and O–H groups in total. The SMILES string of the molecule is CC(CC=O)c1ccc2sccc2c1O. The first kappa shape index (κ1) is 10.2. The van der Waals surface area contributed by atoms with E-state index in [4.69, 9.17) is 0 Å². The Labute approximate surface area is 92.2 Å². The quantitative estimate of drug-likeness (QED) is 0.806. The van der Waals surface area contributed by atoms with Crippen molar-refractivity contribution in [2.45, 2.75) is 19.3 Å². The molecular formula is C12H12O2S. The number of carbonyl (C=O) groups is 1. The van der Waals surface area contributed by atoms with E-state index < -0.39 is 0 Å². The van der Waals surface area contributed by atoms with Gasteiger partial charge in [0.25, 0.3) is 0 Å². The number of aldehydes is 1. The van der Waals surface area contributed by atoms with Gasteiger partial charge in [0, 0.05) is 16.5 Å². The third-order valence-corrected chi connectivity index (χ3v) is 3.50. The smallest absolute Gasteiger partial charge is 0.127 e. The van der Waals surface area contributed by atoms with Gasteiger partial charge in [-0.15, -0.1) is 11.3 Å². The van der Waals surface area contributed by atoms with E-state index in [9.17, 15) is 9.90 Å². The molecule has 0 amide bonds. The van der Waals surface area contributed by atoms with E-state index in [2.05, 4.69) is 0 Å². The molecular weight excluding hydrogens is 208 g/mol. The Morgan fingerprint density at radius 2 is 2.27 bits per heavy atom. The molecule has 1 atom stereocenters. The van der Waals surface area contributed by atoms with Crippen LogP contribution in [0.4, 0.5) is 0 Å². The largest absolute Gasteiger partial charge is 0.507 e. The molecule has 0 saturated carbocycles. The molecule has 0 saturated heterocycles. The van der Waals surface area contributed by atoms with Crippen molar-refractivity contribution in [2.75, 3.05) is 0 Å². The van der Waals surface area contributed by atoms with E-state index in [1.807, 2.05) is 30.5 Å². The Morgan fingerprint density at radius 3 is 3.00 bits per heavy atom. The van der Waals surface area contributed by atoms with E-state index in [1.54, 1.807) is 11.3 Å². The Balaban J connectivity index is 2.51. The summed E-state index contributed by atoms with van der Waals surface area (Å²) in [5, 5.41) is 12.9. The Kier molecular flexibility index (Phi) is 2.73. The van der Waals surface area contributed by atoms with Crippen LogP contribution in [-0.2, 0) is 4.79 Å². The van der Waals surface area contributed by atoms with Crippen molar-refractivity contribution in [3.05, 3.63) is 29.1 Å². The number of carbonyl (C=O) groups excluding carboxylic acids is 1. The van der Waals surface area contributed by atoms with Crippen LogP contribution >= 0.6 is 11.3 Å². The first-order valence-corrected chi connectivity index (χ1v) is 5.74. The molecule has 1 heterocycles. The second-order valence-electron chi connectivity index (χ2n) is 3.64. The molecule has 2 rings (SSSR count). The molecule has 2 nitrogen and oxygen atoms in total. The maximum Gasteiger partial charge on any atom is 0.127 e. The molecule has 3 heteroatoms. The zero-order valence-corrected chi connectivity index (χ0v) is 9.25. The van der Waals surface area contributed by atoms with Crippen molar-refractivity contribution >= 4 is 27.7 Å². The second kappa shape index (κ2) is 4.03. The van der Waals surface area contributed by atoms with Crippen molar-refractivity contribution in [2.24, 2.45) is 0 Å². The van der Waals surface area contributed by atoms with Crippen LogP contribution in [0, 0.1) is 0 Å². The number of hydrogen-bond acceptors (Lipinski definition) is 3. The number of fused-ring (bicyclic) bond motifs is 1. The van der Waals surface area contributed by atoms with Crippen LogP contribution in [0.5, 0.6) is 5.75 Å². The lowest BCUT2D eigenvalue weighted by atomic mass is 9.96. The minimum absolute atomic E-state index is 0.0757. The van der Waals surface area contributed by atoms with Crippen molar-refractivity contribution in [3.63, 3.8) is 0 Å². The topological polar surface area (TPSA) is 37.3 Å². The molecule has 0 aliphatic carbocycles. The zero-order chi connectivity index (χ0) is 10.8. The summed E-state index contributed by atoms with van der Waals surface area (Å²) in [5.41, 5.74) is 0.855. The maximum absolute atomic E-state index is 10.4. The third-order valence-electron chi connectivity index (χ3n) is 2.62. The van der Waals surface area contributed by atoms with Gasteiger partial charge in [-0.3, -0.25) is 0 Å². The number of thiophene rings is 1. The van der Waals surface area contributed by atoms with Gasteiger partial charge in [-0.1, -0.05) is 13.0 Å². The predicted molar refractivity (Wildman–Crippen MR) is 62.6 cm³/mol. The molecule has 15 heavy (non-hydrogen) atoms. The number of aromatic hydroxyl groups is 1. The third kappa shape index (κ3) is 1.75. The summed E-state index contributed by atoms with van der Waals surface area (Å²) in [6.45, 7) is 1.95. The Bertz CT molecular complexity index is 487. The minimum atomic E-state index is 0.0757. The van der Waals surface area contributed by atoms with Crippen LogP contribution in [0.3, 0.4) is 0 Å². The highest BCUT2D eigenvalue weighted by Gasteiger charge is 2.12. The molecule has 1 aromatic carbocycles. The Hall–Kier alpha value is -1.35. The summed E-state index contributed by atoms with van der Waals surface area (Å²) in [7, 11) is 0. The lowest BCUT2D eigenvalue weighted by Gasteiger charge is -2.10. The highest BCUT2D eigenvalue weighted by atomic mass is 32.1. The summed E-state index contributed by atoms with van der Waals surface area (Å²) in [4.78, 5) is 10.4. The number of benzene rings is 1. The van der Waals surface area contributed by atoms with Crippen molar-refractivity contribution in [3.8, 4) is 5.75 Å².